The molecule has 8 heteroatoms. The maximum atomic E-state index is 14.0. The number of aromatic nitrogens is 3. The van der Waals surface area contributed by atoms with Crippen molar-refractivity contribution < 1.29 is 5.11 Å². The lowest BCUT2D eigenvalue weighted by Gasteiger charge is -2.32. The number of nitrogens with zero attached hydrogens (tertiary/aromatic N) is 5. The molecule has 1 aliphatic heterocycles. The van der Waals surface area contributed by atoms with Crippen LogP contribution >= 0.6 is 0 Å². The summed E-state index contributed by atoms with van der Waals surface area (Å²) >= 11 is 0. The van der Waals surface area contributed by atoms with E-state index in [0.717, 1.165) is 74.7 Å². The third-order valence-electron chi connectivity index (χ3n) is 7.86. The molecule has 2 aromatic heterocycles. The number of rotatable bonds is 7. The highest BCUT2D eigenvalue weighted by Gasteiger charge is 2.25. The Kier molecular flexibility index (Phi) is 7.55. The zero-order chi connectivity index (χ0) is 25.2. The summed E-state index contributed by atoms with van der Waals surface area (Å²) in [6, 6.07) is 6.34. The van der Waals surface area contributed by atoms with Crippen molar-refractivity contribution in [2.45, 2.75) is 64.6 Å². The van der Waals surface area contributed by atoms with Crippen LogP contribution in [0.25, 0.3) is 21.8 Å². The van der Waals surface area contributed by atoms with Crippen LogP contribution < -0.4 is 10.9 Å². The number of likely N-dealkylation sites (N-methyl/N-ethyl adjacent to an activating group) is 1. The molecule has 3 heterocycles. The molecule has 0 bridgehead atoms. The van der Waals surface area contributed by atoms with E-state index in [2.05, 4.69) is 59.2 Å². The molecule has 1 aromatic carbocycles. The van der Waals surface area contributed by atoms with Crippen molar-refractivity contribution in [2.75, 3.05) is 45.1 Å². The SMILES string of the molecule is CC(C)CCNc1ncc2c3ccc(CN4CCN(C)CC4)cc3c(=O)n([C@H]3CC[C@H](O)CC3)c2n1. The normalized spacial score (nSPS) is 22.0. The fourth-order valence-electron chi connectivity index (χ4n) is 5.55. The van der Waals surface area contributed by atoms with Crippen LogP contribution in [-0.2, 0) is 6.54 Å². The lowest BCUT2D eigenvalue weighted by atomic mass is 9.92. The first-order valence-corrected chi connectivity index (χ1v) is 13.6. The van der Waals surface area contributed by atoms with E-state index in [9.17, 15) is 9.90 Å². The summed E-state index contributed by atoms with van der Waals surface area (Å²) in [6.45, 7) is 10.3. The van der Waals surface area contributed by atoms with Gasteiger partial charge in [-0.3, -0.25) is 14.3 Å². The van der Waals surface area contributed by atoms with E-state index < -0.39 is 0 Å². The second kappa shape index (κ2) is 10.8. The standard InChI is InChI=1S/C28H40N6O2/c1-19(2)10-11-29-28-30-17-25-23-9-4-20(18-33-14-12-32(3)13-15-33)16-24(23)27(36)34(26(25)31-28)21-5-7-22(35)8-6-21/h4,9,16-17,19,21-22,35H,5-8,10-15,18H2,1-3H3,(H,29,30,31)/t21-,22-. The van der Waals surface area contributed by atoms with Crippen LogP contribution in [0.3, 0.4) is 0 Å². The summed E-state index contributed by atoms with van der Waals surface area (Å²) in [5.41, 5.74) is 1.88. The van der Waals surface area contributed by atoms with E-state index >= 15 is 0 Å². The Morgan fingerprint density at radius 1 is 1.06 bits per heavy atom. The van der Waals surface area contributed by atoms with Gasteiger partial charge in [-0.25, -0.2) is 4.98 Å². The van der Waals surface area contributed by atoms with Crippen LogP contribution in [0.5, 0.6) is 0 Å². The van der Waals surface area contributed by atoms with Crippen molar-refractivity contribution in [3.05, 3.63) is 40.3 Å². The minimum Gasteiger partial charge on any atom is -0.393 e. The summed E-state index contributed by atoms with van der Waals surface area (Å²) in [5, 5.41) is 16.0. The number of nitrogens with one attached hydrogen (secondary N) is 1. The second-order valence-corrected chi connectivity index (χ2v) is 11.1. The quantitative estimate of drug-likeness (QED) is 0.487. The first kappa shape index (κ1) is 25.1. The summed E-state index contributed by atoms with van der Waals surface area (Å²) < 4.78 is 1.90. The average Bonchev–Trinajstić information content (AvgIpc) is 2.86. The molecule has 5 rings (SSSR count). The van der Waals surface area contributed by atoms with Gasteiger partial charge in [-0.15, -0.1) is 0 Å². The Bertz CT molecular complexity index is 1260. The number of aliphatic hydroxyl groups excluding tert-OH is 1. The molecule has 2 fully saturated rings. The van der Waals surface area contributed by atoms with Gasteiger partial charge in [0.25, 0.3) is 5.56 Å². The van der Waals surface area contributed by atoms with Crippen molar-refractivity contribution in [2.24, 2.45) is 5.92 Å². The lowest BCUT2D eigenvalue weighted by Crippen LogP contribution is -2.43. The molecular weight excluding hydrogens is 452 g/mol. The molecule has 0 spiro atoms. The Balaban J connectivity index is 1.56. The van der Waals surface area contributed by atoms with Crippen LogP contribution in [0, 0.1) is 5.92 Å². The van der Waals surface area contributed by atoms with Gasteiger partial charge in [-0.1, -0.05) is 26.0 Å². The lowest BCUT2D eigenvalue weighted by molar-refractivity contribution is 0.111. The van der Waals surface area contributed by atoms with E-state index in [-0.39, 0.29) is 17.7 Å². The van der Waals surface area contributed by atoms with E-state index in [0.29, 0.717) is 30.4 Å². The molecule has 0 radical (unpaired) electrons. The van der Waals surface area contributed by atoms with Gasteiger partial charge in [0, 0.05) is 62.3 Å². The van der Waals surface area contributed by atoms with E-state index in [1.54, 1.807) is 0 Å². The number of hydrogen-bond acceptors (Lipinski definition) is 7. The third-order valence-corrected chi connectivity index (χ3v) is 7.86. The van der Waals surface area contributed by atoms with Crippen LogP contribution in [0.4, 0.5) is 5.95 Å². The first-order valence-electron chi connectivity index (χ1n) is 13.6. The smallest absolute Gasteiger partial charge is 0.260 e. The molecule has 3 aromatic rings. The third kappa shape index (κ3) is 5.41. The zero-order valence-corrected chi connectivity index (χ0v) is 21.9. The van der Waals surface area contributed by atoms with Gasteiger partial charge in [0.2, 0.25) is 5.95 Å². The van der Waals surface area contributed by atoms with Gasteiger partial charge in [0.1, 0.15) is 5.65 Å². The monoisotopic (exact) mass is 492 g/mol. The van der Waals surface area contributed by atoms with E-state index in [1.807, 2.05) is 10.8 Å². The molecular formula is C28H40N6O2. The van der Waals surface area contributed by atoms with Crippen molar-refractivity contribution in [1.82, 2.24) is 24.3 Å². The van der Waals surface area contributed by atoms with Crippen LogP contribution in [0.1, 0.15) is 57.6 Å². The molecule has 1 aliphatic carbocycles. The van der Waals surface area contributed by atoms with E-state index in [4.69, 9.17) is 4.98 Å². The Morgan fingerprint density at radius 2 is 1.81 bits per heavy atom. The van der Waals surface area contributed by atoms with Crippen molar-refractivity contribution in [3.63, 3.8) is 0 Å². The number of fused-ring (bicyclic) bond motifs is 3. The van der Waals surface area contributed by atoms with Gasteiger partial charge in [-0.2, -0.15) is 4.98 Å². The maximum Gasteiger partial charge on any atom is 0.260 e. The second-order valence-electron chi connectivity index (χ2n) is 11.1. The minimum atomic E-state index is -0.276. The fraction of sp³-hybridized carbons (Fsp3) is 0.607. The Labute approximate surface area is 213 Å². The molecule has 0 unspecified atom stereocenters. The van der Waals surface area contributed by atoms with E-state index in [1.165, 1.54) is 5.56 Å². The van der Waals surface area contributed by atoms with Gasteiger partial charge in [-0.05, 0) is 62.1 Å². The molecule has 0 amide bonds. The fourth-order valence-corrected chi connectivity index (χ4v) is 5.55. The highest BCUT2D eigenvalue weighted by molar-refractivity contribution is 6.04. The summed E-state index contributed by atoms with van der Waals surface area (Å²) in [6.07, 6.45) is 5.61. The molecule has 36 heavy (non-hydrogen) atoms. The molecule has 8 nitrogen and oxygen atoms in total. The predicted molar refractivity (Wildman–Crippen MR) is 146 cm³/mol. The molecule has 2 aliphatic rings. The number of pyridine rings is 1. The topological polar surface area (TPSA) is 86.5 Å². The van der Waals surface area contributed by atoms with Gasteiger partial charge in [0.15, 0.2) is 0 Å². The number of benzene rings is 1. The van der Waals surface area contributed by atoms with Crippen LogP contribution in [0.15, 0.2) is 29.2 Å². The largest absolute Gasteiger partial charge is 0.393 e. The first-order chi connectivity index (χ1) is 17.4. The van der Waals surface area contributed by atoms with Gasteiger partial charge >= 0.3 is 0 Å². The average molecular weight is 493 g/mol. The molecule has 1 saturated heterocycles. The number of aliphatic hydroxyl groups is 1. The highest BCUT2D eigenvalue weighted by Crippen LogP contribution is 2.32. The number of anilines is 1. The highest BCUT2D eigenvalue weighted by atomic mass is 16.3. The van der Waals surface area contributed by atoms with Gasteiger partial charge < -0.3 is 15.3 Å². The Morgan fingerprint density at radius 3 is 2.53 bits per heavy atom. The Hall–Kier alpha value is -2.55. The molecule has 2 N–H and O–H groups in total. The summed E-state index contributed by atoms with van der Waals surface area (Å²) in [7, 11) is 2.17. The summed E-state index contributed by atoms with van der Waals surface area (Å²) in [5.74, 6) is 1.16. The molecule has 1 saturated carbocycles. The predicted octanol–water partition coefficient (Wildman–Crippen LogP) is 3.63. The summed E-state index contributed by atoms with van der Waals surface area (Å²) in [4.78, 5) is 28.3. The van der Waals surface area contributed by atoms with Crippen LogP contribution in [-0.4, -0.2) is 75.3 Å². The number of hydrogen-bond donors (Lipinski definition) is 2. The molecule has 194 valence electrons. The maximum absolute atomic E-state index is 14.0. The van der Waals surface area contributed by atoms with Crippen molar-refractivity contribution in [1.29, 1.82) is 0 Å². The number of piperazine rings is 1. The molecule has 0 atom stereocenters. The van der Waals surface area contributed by atoms with Gasteiger partial charge in [0.05, 0.1) is 6.10 Å². The van der Waals surface area contributed by atoms with Crippen molar-refractivity contribution in [3.8, 4) is 0 Å². The zero-order valence-electron chi connectivity index (χ0n) is 21.9. The van der Waals surface area contributed by atoms with Crippen molar-refractivity contribution >= 4 is 27.8 Å². The van der Waals surface area contributed by atoms with Crippen LogP contribution in [0.2, 0.25) is 0 Å². The minimum absolute atomic E-state index is 0.0194.